The summed E-state index contributed by atoms with van der Waals surface area (Å²) in [5, 5.41) is 10.5. The summed E-state index contributed by atoms with van der Waals surface area (Å²) < 4.78 is 1.41. The number of amides is 2. The maximum atomic E-state index is 12.4. The zero-order valence-electron chi connectivity index (χ0n) is 14.3. The van der Waals surface area contributed by atoms with Crippen molar-refractivity contribution in [3.05, 3.63) is 76.5 Å². The molecule has 0 spiro atoms. The van der Waals surface area contributed by atoms with Crippen LogP contribution in [0.25, 0.3) is 0 Å². The van der Waals surface area contributed by atoms with Crippen LogP contribution in [0, 0.1) is 0 Å². The molecule has 2 amide bonds. The van der Waals surface area contributed by atoms with Crippen molar-refractivity contribution in [1.29, 1.82) is 0 Å². The van der Waals surface area contributed by atoms with Gasteiger partial charge in [0.05, 0.1) is 21.4 Å². The molecular formula is C19H16Cl2N4O2. The van der Waals surface area contributed by atoms with E-state index in [1.807, 2.05) is 0 Å². The molecule has 3 rings (SSSR count). The van der Waals surface area contributed by atoms with E-state index < -0.39 is 11.9 Å². The Morgan fingerprint density at radius 2 is 1.48 bits per heavy atom. The summed E-state index contributed by atoms with van der Waals surface area (Å²) in [7, 11) is 0. The van der Waals surface area contributed by atoms with E-state index in [0.717, 1.165) is 0 Å². The van der Waals surface area contributed by atoms with Crippen molar-refractivity contribution >= 4 is 46.4 Å². The molecule has 0 saturated heterocycles. The quantitative estimate of drug-likeness (QED) is 0.652. The maximum Gasteiger partial charge on any atom is 0.276 e. The number of benzene rings is 2. The van der Waals surface area contributed by atoms with Crippen LogP contribution in [0.5, 0.6) is 0 Å². The van der Waals surface area contributed by atoms with Gasteiger partial charge in [0, 0.05) is 6.20 Å². The molecule has 6 nitrogen and oxygen atoms in total. The number of nitrogens with one attached hydrogen (secondary N) is 2. The van der Waals surface area contributed by atoms with Crippen LogP contribution in [0.15, 0.2) is 60.8 Å². The number of halogens is 2. The Balaban J connectivity index is 1.69. The van der Waals surface area contributed by atoms with Crippen LogP contribution in [0.2, 0.25) is 10.0 Å². The fourth-order valence-corrected chi connectivity index (χ4v) is 2.71. The maximum absolute atomic E-state index is 12.4. The van der Waals surface area contributed by atoms with Gasteiger partial charge in [0.15, 0.2) is 5.69 Å². The van der Waals surface area contributed by atoms with Crippen LogP contribution >= 0.6 is 23.2 Å². The molecule has 3 aromatic rings. The zero-order valence-corrected chi connectivity index (χ0v) is 15.8. The van der Waals surface area contributed by atoms with Gasteiger partial charge >= 0.3 is 0 Å². The lowest BCUT2D eigenvalue weighted by atomic mass is 10.2. The van der Waals surface area contributed by atoms with Gasteiger partial charge in [0.1, 0.15) is 6.04 Å². The van der Waals surface area contributed by atoms with Crippen molar-refractivity contribution in [2.75, 3.05) is 10.6 Å². The van der Waals surface area contributed by atoms with E-state index in [4.69, 9.17) is 23.2 Å². The van der Waals surface area contributed by atoms with E-state index in [9.17, 15) is 9.59 Å². The smallest absolute Gasteiger partial charge is 0.276 e. The van der Waals surface area contributed by atoms with Gasteiger partial charge in [-0.15, -0.1) is 0 Å². The second-order valence-electron chi connectivity index (χ2n) is 5.76. The third kappa shape index (κ3) is 4.48. The number of anilines is 2. The monoisotopic (exact) mass is 402 g/mol. The summed E-state index contributed by atoms with van der Waals surface area (Å²) in [4.78, 5) is 24.8. The highest BCUT2D eigenvalue weighted by Crippen LogP contribution is 2.22. The molecule has 2 N–H and O–H groups in total. The average Bonchev–Trinajstić information content (AvgIpc) is 3.15. The average molecular weight is 403 g/mol. The largest absolute Gasteiger partial charge is 0.323 e. The fraction of sp³-hybridized carbons (Fsp3) is 0.105. The molecule has 0 fully saturated rings. The van der Waals surface area contributed by atoms with Gasteiger partial charge in [-0.2, -0.15) is 5.10 Å². The number of rotatable bonds is 5. The van der Waals surface area contributed by atoms with Gasteiger partial charge in [-0.25, -0.2) is 0 Å². The molecule has 0 unspecified atom stereocenters. The van der Waals surface area contributed by atoms with E-state index in [-0.39, 0.29) is 11.6 Å². The predicted octanol–water partition coefficient (Wildman–Crippen LogP) is 4.64. The van der Waals surface area contributed by atoms with Gasteiger partial charge in [-0.05, 0) is 37.3 Å². The number of hydrogen-bond donors (Lipinski definition) is 2. The summed E-state index contributed by atoms with van der Waals surface area (Å²) in [5.74, 6) is -0.718. The van der Waals surface area contributed by atoms with Crippen LogP contribution in [0.4, 0.5) is 11.4 Å². The van der Waals surface area contributed by atoms with Crippen LogP contribution in [0.3, 0.4) is 0 Å². The molecule has 0 radical (unpaired) electrons. The fourth-order valence-electron chi connectivity index (χ4n) is 2.34. The van der Waals surface area contributed by atoms with Crippen molar-refractivity contribution < 1.29 is 9.59 Å². The highest BCUT2D eigenvalue weighted by Gasteiger charge is 2.19. The number of carbonyl (C=O) groups excluding carboxylic acids is 2. The van der Waals surface area contributed by atoms with Crippen LogP contribution in [-0.4, -0.2) is 21.6 Å². The zero-order chi connectivity index (χ0) is 19.4. The second kappa shape index (κ2) is 8.24. The molecule has 8 heteroatoms. The van der Waals surface area contributed by atoms with Gasteiger partial charge < -0.3 is 10.6 Å². The number of aromatic nitrogens is 2. The van der Waals surface area contributed by atoms with E-state index in [1.165, 1.54) is 10.7 Å². The third-order valence-electron chi connectivity index (χ3n) is 3.87. The van der Waals surface area contributed by atoms with Crippen LogP contribution < -0.4 is 10.6 Å². The SMILES string of the molecule is C[C@H](C(=O)Nc1ccccc1Cl)n1ccc(C(=O)Nc2ccccc2Cl)n1. The number of hydrogen-bond acceptors (Lipinski definition) is 3. The number of carbonyl (C=O) groups is 2. The Bertz CT molecular complexity index is 987. The molecule has 27 heavy (non-hydrogen) atoms. The molecule has 1 heterocycles. The first-order chi connectivity index (χ1) is 13.0. The Hall–Kier alpha value is -2.83. The normalized spacial score (nSPS) is 11.7. The summed E-state index contributed by atoms with van der Waals surface area (Å²) >= 11 is 12.1. The minimum atomic E-state index is -0.636. The van der Waals surface area contributed by atoms with Crippen molar-refractivity contribution in [1.82, 2.24) is 9.78 Å². The van der Waals surface area contributed by atoms with E-state index in [2.05, 4.69) is 15.7 Å². The Morgan fingerprint density at radius 1 is 0.926 bits per heavy atom. The number of para-hydroxylation sites is 2. The first-order valence-corrected chi connectivity index (χ1v) is 8.87. The lowest BCUT2D eigenvalue weighted by Crippen LogP contribution is -2.24. The molecule has 1 atom stereocenters. The summed E-state index contributed by atoms with van der Waals surface area (Å²) in [5.41, 5.74) is 1.18. The molecule has 0 bridgehead atoms. The second-order valence-corrected chi connectivity index (χ2v) is 6.57. The topological polar surface area (TPSA) is 76.0 Å². The molecule has 138 valence electrons. The van der Waals surface area contributed by atoms with Crippen molar-refractivity contribution in [2.24, 2.45) is 0 Å². The molecule has 0 saturated carbocycles. The van der Waals surface area contributed by atoms with Gasteiger partial charge in [-0.1, -0.05) is 47.5 Å². The van der Waals surface area contributed by atoms with Gasteiger partial charge in [0.25, 0.3) is 5.91 Å². The molecule has 1 aromatic heterocycles. The van der Waals surface area contributed by atoms with Crippen molar-refractivity contribution in [2.45, 2.75) is 13.0 Å². The first-order valence-electron chi connectivity index (χ1n) is 8.12. The molecule has 0 aliphatic carbocycles. The van der Waals surface area contributed by atoms with Gasteiger partial charge in [-0.3, -0.25) is 14.3 Å². The molecule has 0 aliphatic rings. The van der Waals surface area contributed by atoms with Crippen molar-refractivity contribution in [3.8, 4) is 0 Å². The molecule has 0 aliphatic heterocycles. The first kappa shape index (κ1) is 18.9. The Morgan fingerprint density at radius 3 is 2.07 bits per heavy atom. The number of nitrogens with zero attached hydrogens (tertiary/aromatic N) is 2. The Labute approximate surface area is 166 Å². The van der Waals surface area contributed by atoms with E-state index >= 15 is 0 Å². The lowest BCUT2D eigenvalue weighted by Gasteiger charge is -2.13. The minimum absolute atomic E-state index is 0.173. The lowest BCUT2D eigenvalue weighted by molar-refractivity contribution is -0.119. The van der Waals surface area contributed by atoms with Crippen LogP contribution in [-0.2, 0) is 4.79 Å². The Kier molecular flexibility index (Phi) is 5.78. The highest BCUT2D eigenvalue weighted by atomic mass is 35.5. The molecular weight excluding hydrogens is 387 g/mol. The van der Waals surface area contributed by atoms with Gasteiger partial charge in [0.2, 0.25) is 5.91 Å². The standard InChI is InChI=1S/C19H16Cl2N4O2/c1-12(18(26)22-15-8-4-2-6-13(15)20)25-11-10-17(24-25)19(27)23-16-9-5-3-7-14(16)21/h2-12H,1H3,(H,22,26)(H,23,27)/t12-/m1/s1. The van der Waals surface area contributed by atoms with E-state index in [0.29, 0.717) is 21.4 Å². The third-order valence-corrected chi connectivity index (χ3v) is 4.53. The van der Waals surface area contributed by atoms with E-state index in [1.54, 1.807) is 61.7 Å². The molecule has 2 aromatic carbocycles. The van der Waals surface area contributed by atoms with Crippen molar-refractivity contribution in [3.63, 3.8) is 0 Å². The predicted molar refractivity (Wildman–Crippen MR) is 106 cm³/mol. The highest BCUT2D eigenvalue weighted by molar-refractivity contribution is 6.34. The summed E-state index contributed by atoms with van der Waals surface area (Å²) in [6, 6.07) is 14.7. The minimum Gasteiger partial charge on any atom is -0.323 e. The van der Waals surface area contributed by atoms with Crippen LogP contribution in [0.1, 0.15) is 23.5 Å². The summed E-state index contributed by atoms with van der Waals surface area (Å²) in [6.07, 6.45) is 1.57. The summed E-state index contributed by atoms with van der Waals surface area (Å²) in [6.45, 7) is 1.68.